The predicted octanol–water partition coefficient (Wildman–Crippen LogP) is 3.41. The summed E-state index contributed by atoms with van der Waals surface area (Å²) in [4.78, 5) is 28.6. The number of allylic oxidation sites excluding steroid dienone is 1. The number of fused-ring (bicyclic) bond motifs is 1. The summed E-state index contributed by atoms with van der Waals surface area (Å²) in [7, 11) is 5.30. The Hall–Kier alpha value is -3.79. The Morgan fingerprint density at radius 3 is 2.19 bits per heavy atom. The number of carbonyl (C=O) groups is 2. The van der Waals surface area contributed by atoms with E-state index in [0.29, 0.717) is 12.4 Å². The molecule has 1 N–H and O–H groups in total. The molecule has 0 bridgehead atoms. The van der Waals surface area contributed by atoms with E-state index in [1.807, 2.05) is 78.5 Å². The minimum atomic E-state index is -0.331. The Morgan fingerprint density at radius 2 is 1.62 bits per heavy atom. The molecule has 0 saturated heterocycles. The lowest BCUT2D eigenvalue weighted by Crippen LogP contribution is -2.28. The van der Waals surface area contributed by atoms with Crippen molar-refractivity contribution >= 4 is 23.1 Å². The Labute approximate surface area is 188 Å². The first kappa shape index (κ1) is 22.9. The van der Waals surface area contributed by atoms with Crippen LogP contribution in [-0.2, 0) is 16.0 Å². The van der Waals surface area contributed by atoms with E-state index in [4.69, 9.17) is 4.74 Å². The van der Waals surface area contributed by atoms with Gasteiger partial charge in [-0.25, -0.2) is 0 Å². The number of methoxy groups -OCH3 is 1. The highest BCUT2D eigenvalue weighted by Crippen LogP contribution is 2.40. The van der Waals surface area contributed by atoms with Crippen LogP contribution in [0, 0.1) is 11.3 Å². The van der Waals surface area contributed by atoms with Crippen molar-refractivity contribution in [2.24, 2.45) is 0 Å². The number of hydrogen-bond donors (Lipinski definition) is 1. The maximum atomic E-state index is 12.8. The van der Waals surface area contributed by atoms with Gasteiger partial charge in [0.2, 0.25) is 5.91 Å². The molecule has 0 atom stereocenters. The summed E-state index contributed by atoms with van der Waals surface area (Å²) < 4.78 is 5.14. The Kier molecular flexibility index (Phi) is 7.50. The van der Waals surface area contributed by atoms with Gasteiger partial charge in [0.05, 0.1) is 18.5 Å². The molecular formula is C25H28N4O3. The lowest BCUT2D eigenvalue weighted by molar-refractivity contribution is -0.124. The van der Waals surface area contributed by atoms with E-state index >= 15 is 0 Å². The number of nitrogens with zero attached hydrogens (tertiary/aromatic N) is 3. The molecule has 2 aromatic rings. The van der Waals surface area contributed by atoms with Gasteiger partial charge in [-0.1, -0.05) is 24.3 Å². The van der Waals surface area contributed by atoms with E-state index in [1.54, 1.807) is 7.11 Å². The van der Waals surface area contributed by atoms with Crippen molar-refractivity contribution in [2.45, 2.75) is 25.7 Å². The molecule has 2 aromatic carbocycles. The Morgan fingerprint density at radius 1 is 1.00 bits per heavy atom. The number of amides is 1. The van der Waals surface area contributed by atoms with Crippen molar-refractivity contribution in [3.8, 4) is 11.8 Å². The number of nitrogens with one attached hydrogen (secondary N) is 1. The van der Waals surface area contributed by atoms with Crippen LogP contribution in [0.1, 0.15) is 24.8 Å². The van der Waals surface area contributed by atoms with Crippen molar-refractivity contribution in [3.63, 3.8) is 0 Å². The topological polar surface area (TPSA) is 85.7 Å². The van der Waals surface area contributed by atoms with Crippen LogP contribution in [0.2, 0.25) is 0 Å². The Balaban J connectivity index is 1.49. The molecule has 0 unspecified atom stereocenters. The molecule has 0 spiro atoms. The molecule has 0 radical (unpaired) electrons. The summed E-state index contributed by atoms with van der Waals surface area (Å²) in [6.45, 7) is 0.534. The van der Waals surface area contributed by atoms with Gasteiger partial charge in [-0.2, -0.15) is 5.26 Å². The van der Waals surface area contributed by atoms with Gasteiger partial charge in [0.25, 0.3) is 0 Å². The third-order valence-electron chi connectivity index (χ3n) is 5.56. The maximum absolute atomic E-state index is 12.8. The highest BCUT2D eigenvalue weighted by atomic mass is 16.5. The first-order valence-corrected chi connectivity index (χ1v) is 10.6. The van der Waals surface area contributed by atoms with Crippen LogP contribution < -0.4 is 19.9 Å². The Bertz CT molecular complexity index is 1020. The molecule has 7 heteroatoms. The second kappa shape index (κ2) is 10.5. The second-order valence-corrected chi connectivity index (χ2v) is 7.64. The molecule has 166 valence electrons. The van der Waals surface area contributed by atoms with Gasteiger partial charge in [-0.15, -0.1) is 0 Å². The standard InChI is InChI=1S/C25H28N4O3/c1-28-21-8-4-5-9-22(21)29(2)25(28)20(17-26)23(30)14-15-24(31)27-16-6-7-18-10-12-19(32-3)13-11-18/h4-5,8-13H,6-7,14-16H2,1-3H3,(H,27,31). The van der Waals surface area contributed by atoms with E-state index < -0.39 is 0 Å². The lowest BCUT2D eigenvalue weighted by atomic mass is 10.1. The average Bonchev–Trinajstić information content (AvgIpc) is 3.07. The quantitative estimate of drug-likeness (QED) is 0.371. The molecule has 0 aromatic heterocycles. The van der Waals surface area contributed by atoms with E-state index in [0.717, 1.165) is 30.0 Å². The van der Waals surface area contributed by atoms with E-state index in [-0.39, 0.29) is 30.1 Å². The van der Waals surface area contributed by atoms with Gasteiger partial charge in [0, 0.05) is 33.5 Å². The minimum Gasteiger partial charge on any atom is -0.497 e. The van der Waals surface area contributed by atoms with Gasteiger partial charge in [-0.05, 0) is 42.7 Å². The highest BCUT2D eigenvalue weighted by Gasteiger charge is 2.31. The normalized spacial score (nSPS) is 12.2. The number of benzene rings is 2. The smallest absolute Gasteiger partial charge is 0.220 e. The van der Waals surface area contributed by atoms with E-state index in [1.165, 1.54) is 5.56 Å². The molecule has 0 saturated carbocycles. The fourth-order valence-electron chi connectivity index (χ4n) is 3.81. The average molecular weight is 433 g/mol. The molecular weight excluding hydrogens is 404 g/mol. The second-order valence-electron chi connectivity index (χ2n) is 7.64. The van der Waals surface area contributed by atoms with Crippen molar-refractivity contribution in [2.75, 3.05) is 37.5 Å². The third-order valence-corrected chi connectivity index (χ3v) is 5.56. The van der Waals surface area contributed by atoms with Gasteiger partial charge in [-0.3, -0.25) is 9.59 Å². The summed E-state index contributed by atoms with van der Waals surface area (Å²) in [5.41, 5.74) is 3.10. The van der Waals surface area contributed by atoms with Crippen molar-refractivity contribution < 1.29 is 14.3 Å². The number of Topliss-reactive ketones (excluding diaryl/α,β-unsaturated/α-hetero) is 1. The number of carbonyl (C=O) groups excluding carboxylic acids is 2. The minimum absolute atomic E-state index is 0.00523. The number of ether oxygens (including phenoxy) is 1. The summed E-state index contributed by atoms with van der Waals surface area (Å²) >= 11 is 0. The summed E-state index contributed by atoms with van der Waals surface area (Å²) in [6, 6.07) is 17.6. The van der Waals surface area contributed by atoms with Gasteiger partial charge < -0.3 is 19.9 Å². The van der Waals surface area contributed by atoms with Crippen LogP contribution in [0.4, 0.5) is 11.4 Å². The van der Waals surface area contributed by atoms with Crippen LogP contribution in [0.5, 0.6) is 5.75 Å². The van der Waals surface area contributed by atoms with Gasteiger partial charge in [0.15, 0.2) is 5.78 Å². The van der Waals surface area contributed by atoms with Crippen molar-refractivity contribution in [1.29, 1.82) is 5.26 Å². The first-order chi connectivity index (χ1) is 15.5. The molecule has 1 amide bonds. The molecule has 32 heavy (non-hydrogen) atoms. The lowest BCUT2D eigenvalue weighted by Gasteiger charge is -2.19. The number of nitriles is 1. The van der Waals surface area contributed by atoms with Crippen LogP contribution in [0.15, 0.2) is 59.9 Å². The zero-order valence-electron chi connectivity index (χ0n) is 18.7. The third kappa shape index (κ3) is 5.09. The fraction of sp³-hybridized carbons (Fsp3) is 0.320. The molecule has 1 aliphatic rings. The number of para-hydroxylation sites is 2. The summed E-state index contributed by atoms with van der Waals surface area (Å²) in [5.74, 6) is 0.838. The monoisotopic (exact) mass is 432 g/mol. The molecule has 0 aliphatic carbocycles. The molecule has 0 fully saturated rings. The first-order valence-electron chi connectivity index (χ1n) is 10.6. The maximum Gasteiger partial charge on any atom is 0.220 e. The van der Waals surface area contributed by atoms with Crippen molar-refractivity contribution in [3.05, 3.63) is 65.5 Å². The predicted molar refractivity (Wildman–Crippen MR) is 124 cm³/mol. The number of ketones is 1. The van der Waals surface area contributed by atoms with Crippen LogP contribution in [0.3, 0.4) is 0 Å². The number of rotatable bonds is 9. The zero-order chi connectivity index (χ0) is 23.1. The van der Waals surface area contributed by atoms with Gasteiger partial charge in [0.1, 0.15) is 23.2 Å². The molecule has 3 rings (SSSR count). The van der Waals surface area contributed by atoms with Gasteiger partial charge >= 0.3 is 0 Å². The van der Waals surface area contributed by atoms with E-state index in [2.05, 4.69) is 5.32 Å². The van der Waals surface area contributed by atoms with Crippen molar-refractivity contribution in [1.82, 2.24) is 5.32 Å². The zero-order valence-corrected chi connectivity index (χ0v) is 18.7. The number of anilines is 2. The van der Waals surface area contributed by atoms with Crippen LogP contribution in [-0.4, -0.2) is 39.4 Å². The largest absolute Gasteiger partial charge is 0.497 e. The van der Waals surface area contributed by atoms with Crippen LogP contribution in [0.25, 0.3) is 0 Å². The van der Waals surface area contributed by atoms with Crippen LogP contribution >= 0.6 is 0 Å². The fourth-order valence-corrected chi connectivity index (χ4v) is 3.81. The molecule has 1 heterocycles. The molecule has 1 aliphatic heterocycles. The number of aryl methyl sites for hydroxylation is 1. The number of hydrogen-bond acceptors (Lipinski definition) is 6. The summed E-state index contributed by atoms with van der Waals surface area (Å²) in [6.07, 6.45) is 1.69. The molecule has 7 nitrogen and oxygen atoms in total. The van der Waals surface area contributed by atoms with E-state index in [9.17, 15) is 14.9 Å². The summed E-state index contributed by atoms with van der Waals surface area (Å²) in [5, 5.41) is 12.5. The highest BCUT2D eigenvalue weighted by molar-refractivity contribution is 6.03. The SMILES string of the molecule is COc1ccc(CCCNC(=O)CCC(=O)C(C#N)=C2N(C)c3ccccc3N2C)cc1.